The van der Waals surface area contributed by atoms with E-state index in [0.29, 0.717) is 19.6 Å². The third kappa shape index (κ3) is 7.38. The highest BCUT2D eigenvalue weighted by atomic mass is 35.5. The number of carbonyl (C=O) groups is 1. The zero-order chi connectivity index (χ0) is 12.7. The largest absolute Gasteiger partial charge is 0.340 e. The highest BCUT2D eigenvalue weighted by Crippen LogP contribution is 2.02. The van der Waals surface area contributed by atoms with E-state index in [1.165, 1.54) is 5.56 Å². The van der Waals surface area contributed by atoms with Gasteiger partial charge < -0.3 is 16.4 Å². The summed E-state index contributed by atoms with van der Waals surface area (Å²) >= 11 is 0. The molecule has 4 N–H and O–H groups in total. The van der Waals surface area contributed by atoms with Gasteiger partial charge >= 0.3 is 0 Å². The Kier molecular flexibility index (Phi) is 11.9. The number of carbonyl (C=O) groups excluding carboxylic acids is 1. The van der Waals surface area contributed by atoms with E-state index in [9.17, 15) is 4.79 Å². The molecule has 0 spiro atoms. The maximum absolute atomic E-state index is 11.8. The van der Waals surface area contributed by atoms with Crippen molar-refractivity contribution in [2.75, 3.05) is 19.6 Å². The van der Waals surface area contributed by atoms with Crippen molar-refractivity contribution >= 4 is 30.7 Å². The van der Waals surface area contributed by atoms with Crippen molar-refractivity contribution in [1.29, 1.82) is 0 Å². The van der Waals surface area contributed by atoms with E-state index in [0.717, 1.165) is 6.42 Å². The highest BCUT2D eigenvalue weighted by molar-refractivity contribution is 5.85. The minimum absolute atomic E-state index is 0. The Balaban J connectivity index is 0. The molecule has 0 aliphatic heterocycles. The monoisotopic (exact) mass is 307 g/mol. The van der Waals surface area contributed by atoms with E-state index in [1.807, 2.05) is 18.2 Å². The molecule has 19 heavy (non-hydrogen) atoms. The van der Waals surface area contributed by atoms with Crippen LogP contribution in [-0.2, 0) is 11.2 Å². The Morgan fingerprint density at radius 1 is 1.21 bits per heavy atom. The Hall–Kier alpha value is -0.810. The fourth-order valence-corrected chi connectivity index (χ4v) is 1.68. The van der Waals surface area contributed by atoms with Crippen LogP contribution >= 0.6 is 24.8 Å². The van der Waals surface area contributed by atoms with Crippen LogP contribution in [0.1, 0.15) is 12.5 Å². The molecule has 4 nitrogen and oxygen atoms in total. The van der Waals surface area contributed by atoms with Gasteiger partial charge in [-0.1, -0.05) is 30.3 Å². The molecule has 0 aliphatic rings. The van der Waals surface area contributed by atoms with E-state index in [1.54, 1.807) is 11.8 Å². The Labute approximate surface area is 127 Å². The molecular weight excluding hydrogens is 285 g/mol. The molecule has 1 aromatic carbocycles. The summed E-state index contributed by atoms with van der Waals surface area (Å²) in [5, 5.41) is 0. The zero-order valence-corrected chi connectivity index (χ0v) is 12.8. The van der Waals surface area contributed by atoms with E-state index in [2.05, 4.69) is 12.1 Å². The maximum Gasteiger partial charge on any atom is 0.239 e. The molecule has 0 saturated carbocycles. The summed E-state index contributed by atoms with van der Waals surface area (Å²) in [6.07, 6.45) is 0.833. The van der Waals surface area contributed by atoms with E-state index >= 15 is 0 Å². The van der Waals surface area contributed by atoms with Crippen LogP contribution in [0.3, 0.4) is 0 Å². The molecular formula is C13H23Cl2N3O. The van der Waals surface area contributed by atoms with Crippen LogP contribution < -0.4 is 11.5 Å². The SMILES string of the molecule is C[C@@H](N)C(=O)N(CCN)CCc1ccccc1.Cl.Cl. The van der Waals surface area contributed by atoms with E-state index in [4.69, 9.17) is 11.5 Å². The summed E-state index contributed by atoms with van der Waals surface area (Å²) < 4.78 is 0. The number of rotatable bonds is 6. The van der Waals surface area contributed by atoms with Gasteiger partial charge in [0.1, 0.15) is 0 Å². The first-order valence-electron chi connectivity index (χ1n) is 5.93. The number of nitrogens with two attached hydrogens (primary N) is 2. The van der Waals surface area contributed by atoms with Crippen LogP contribution in [0.25, 0.3) is 0 Å². The molecule has 0 heterocycles. The summed E-state index contributed by atoms with van der Waals surface area (Å²) in [6, 6.07) is 9.62. The first kappa shape index (κ1) is 20.5. The quantitative estimate of drug-likeness (QED) is 0.829. The smallest absolute Gasteiger partial charge is 0.239 e. The molecule has 1 atom stereocenters. The average molecular weight is 308 g/mol. The molecule has 0 saturated heterocycles. The van der Waals surface area contributed by atoms with Gasteiger partial charge in [-0.05, 0) is 18.9 Å². The Bertz CT molecular complexity index is 347. The van der Waals surface area contributed by atoms with Crippen LogP contribution in [-0.4, -0.2) is 36.5 Å². The summed E-state index contributed by atoms with van der Waals surface area (Å²) in [5.41, 5.74) is 12.3. The van der Waals surface area contributed by atoms with Gasteiger partial charge in [0.2, 0.25) is 5.91 Å². The van der Waals surface area contributed by atoms with E-state index < -0.39 is 6.04 Å². The number of amides is 1. The second-order valence-electron chi connectivity index (χ2n) is 4.14. The van der Waals surface area contributed by atoms with Crippen LogP contribution in [0, 0.1) is 0 Å². The second kappa shape index (κ2) is 11.1. The lowest BCUT2D eigenvalue weighted by atomic mass is 10.1. The molecule has 0 bridgehead atoms. The van der Waals surface area contributed by atoms with Gasteiger partial charge in [-0.2, -0.15) is 0 Å². The minimum Gasteiger partial charge on any atom is -0.340 e. The van der Waals surface area contributed by atoms with E-state index in [-0.39, 0.29) is 30.7 Å². The van der Waals surface area contributed by atoms with Crippen molar-refractivity contribution in [2.24, 2.45) is 11.5 Å². The molecule has 0 fully saturated rings. The first-order valence-corrected chi connectivity index (χ1v) is 5.93. The van der Waals surface area contributed by atoms with Gasteiger partial charge in [-0.15, -0.1) is 24.8 Å². The standard InChI is InChI=1S/C13H21N3O.2ClH/c1-11(15)13(17)16(10-8-14)9-7-12-5-3-2-4-6-12;;/h2-6,11H,7-10,14-15H2,1H3;2*1H/t11-;;/m1../s1. The number of hydrogen-bond donors (Lipinski definition) is 2. The molecule has 1 amide bonds. The molecule has 6 heteroatoms. The average Bonchev–Trinajstić information content (AvgIpc) is 2.34. The van der Waals surface area contributed by atoms with Crippen molar-refractivity contribution in [3.8, 4) is 0 Å². The fourth-order valence-electron chi connectivity index (χ4n) is 1.68. The van der Waals surface area contributed by atoms with Gasteiger partial charge in [-0.25, -0.2) is 0 Å². The summed E-state index contributed by atoms with van der Waals surface area (Å²) in [5.74, 6) is -0.0358. The molecule has 0 unspecified atom stereocenters. The first-order chi connectivity index (χ1) is 8.15. The number of nitrogens with zero attached hydrogens (tertiary/aromatic N) is 1. The summed E-state index contributed by atoms with van der Waals surface area (Å²) in [7, 11) is 0. The topological polar surface area (TPSA) is 72.4 Å². The number of benzene rings is 1. The van der Waals surface area contributed by atoms with Crippen molar-refractivity contribution < 1.29 is 4.79 Å². The summed E-state index contributed by atoms with van der Waals surface area (Å²) in [4.78, 5) is 13.5. The second-order valence-corrected chi connectivity index (χ2v) is 4.14. The van der Waals surface area contributed by atoms with Crippen molar-refractivity contribution in [3.05, 3.63) is 35.9 Å². The van der Waals surface area contributed by atoms with Crippen LogP contribution in [0.4, 0.5) is 0 Å². The van der Waals surface area contributed by atoms with Crippen LogP contribution in [0.5, 0.6) is 0 Å². The van der Waals surface area contributed by atoms with Crippen molar-refractivity contribution in [1.82, 2.24) is 4.90 Å². The Morgan fingerprint density at radius 2 is 1.79 bits per heavy atom. The fraction of sp³-hybridized carbons (Fsp3) is 0.462. The summed E-state index contributed by atoms with van der Waals surface area (Å²) in [6.45, 7) is 3.40. The predicted octanol–water partition coefficient (Wildman–Crippen LogP) is 1.21. The van der Waals surface area contributed by atoms with Crippen LogP contribution in [0.15, 0.2) is 30.3 Å². The third-order valence-electron chi connectivity index (χ3n) is 2.61. The molecule has 1 aromatic rings. The molecule has 0 aliphatic carbocycles. The predicted molar refractivity (Wildman–Crippen MR) is 83.9 cm³/mol. The van der Waals surface area contributed by atoms with Gasteiger partial charge in [0, 0.05) is 19.6 Å². The maximum atomic E-state index is 11.8. The lowest BCUT2D eigenvalue weighted by Gasteiger charge is -2.23. The van der Waals surface area contributed by atoms with Gasteiger partial charge in [0.25, 0.3) is 0 Å². The molecule has 0 aromatic heterocycles. The van der Waals surface area contributed by atoms with Crippen LogP contribution in [0.2, 0.25) is 0 Å². The lowest BCUT2D eigenvalue weighted by molar-refractivity contribution is -0.132. The number of halogens is 2. The number of hydrogen-bond acceptors (Lipinski definition) is 3. The van der Waals surface area contributed by atoms with Crippen molar-refractivity contribution in [3.63, 3.8) is 0 Å². The Morgan fingerprint density at radius 3 is 2.26 bits per heavy atom. The van der Waals surface area contributed by atoms with Crippen molar-refractivity contribution in [2.45, 2.75) is 19.4 Å². The minimum atomic E-state index is -0.461. The van der Waals surface area contributed by atoms with Gasteiger partial charge in [0.15, 0.2) is 0 Å². The highest BCUT2D eigenvalue weighted by Gasteiger charge is 2.16. The molecule has 1 rings (SSSR count). The molecule has 0 radical (unpaired) electrons. The normalized spacial score (nSPS) is 10.9. The molecule has 110 valence electrons. The zero-order valence-electron chi connectivity index (χ0n) is 11.1. The third-order valence-corrected chi connectivity index (χ3v) is 2.61. The lowest BCUT2D eigenvalue weighted by Crippen LogP contribution is -2.45. The van der Waals surface area contributed by atoms with Gasteiger partial charge in [0.05, 0.1) is 6.04 Å². The van der Waals surface area contributed by atoms with Gasteiger partial charge in [-0.3, -0.25) is 4.79 Å².